The third-order valence-electron chi connectivity index (χ3n) is 6.36. The molecule has 0 bridgehead atoms. The monoisotopic (exact) mass is 432 g/mol. The second kappa shape index (κ2) is 9.06. The lowest BCUT2D eigenvalue weighted by Gasteiger charge is -2.41. The zero-order chi connectivity index (χ0) is 22.7. The minimum Gasteiger partial charge on any atom is -0.465 e. The van der Waals surface area contributed by atoms with Gasteiger partial charge in [-0.05, 0) is 50.0 Å². The molecule has 0 aliphatic heterocycles. The van der Waals surface area contributed by atoms with Gasteiger partial charge in [0.1, 0.15) is 0 Å². The van der Waals surface area contributed by atoms with Crippen LogP contribution in [0.5, 0.6) is 0 Å². The maximum absolute atomic E-state index is 13.0. The predicted molar refractivity (Wildman–Crippen MR) is 121 cm³/mol. The highest BCUT2D eigenvalue weighted by molar-refractivity contribution is 6.74. The van der Waals surface area contributed by atoms with Crippen molar-refractivity contribution < 1.29 is 23.5 Å². The van der Waals surface area contributed by atoms with E-state index in [1.54, 1.807) is 20.8 Å². The van der Waals surface area contributed by atoms with E-state index in [0.717, 1.165) is 11.1 Å². The number of benzene rings is 1. The molecule has 0 saturated carbocycles. The van der Waals surface area contributed by atoms with Crippen LogP contribution in [0.15, 0.2) is 36.4 Å². The lowest BCUT2D eigenvalue weighted by molar-refractivity contribution is -0.171. The standard InChI is InChI=1S/C24H36O5Si/c1-9-27-21(25)24(6,22(26)28-10-2)19-15-16-20(18-14-12-11-13-17(18)19)29-30(7,8)23(3,4)5/h11-16,19-20H,9-10H2,1-8H3/t19-,20-/m1/s1. The molecule has 0 heterocycles. The predicted octanol–water partition coefficient (Wildman–Crippen LogP) is 5.54. The smallest absolute Gasteiger partial charge is 0.324 e. The number of rotatable bonds is 7. The summed E-state index contributed by atoms with van der Waals surface area (Å²) in [6.45, 7) is 16.5. The highest BCUT2D eigenvalue weighted by Gasteiger charge is 2.52. The summed E-state index contributed by atoms with van der Waals surface area (Å²) in [5.74, 6) is -1.64. The highest BCUT2D eigenvalue weighted by atomic mass is 28.4. The van der Waals surface area contributed by atoms with Crippen LogP contribution in [0.25, 0.3) is 0 Å². The van der Waals surface area contributed by atoms with Crippen LogP contribution < -0.4 is 0 Å². The summed E-state index contributed by atoms with van der Waals surface area (Å²) < 4.78 is 17.3. The van der Waals surface area contributed by atoms with Crippen LogP contribution in [-0.2, 0) is 23.5 Å². The molecule has 1 aromatic rings. The van der Waals surface area contributed by atoms with Crippen molar-refractivity contribution in [1.82, 2.24) is 0 Å². The number of esters is 2. The number of fused-ring (bicyclic) bond motifs is 1. The average Bonchev–Trinajstić information content (AvgIpc) is 2.67. The van der Waals surface area contributed by atoms with Gasteiger partial charge in [0.2, 0.25) is 0 Å². The Bertz CT molecular complexity index is 788. The topological polar surface area (TPSA) is 61.8 Å². The van der Waals surface area contributed by atoms with E-state index >= 15 is 0 Å². The fraction of sp³-hybridized carbons (Fsp3) is 0.583. The summed E-state index contributed by atoms with van der Waals surface area (Å²) in [6, 6.07) is 7.86. The van der Waals surface area contributed by atoms with E-state index < -0.39 is 31.6 Å². The number of hydrogen-bond donors (Lipinski definition) is 0. The van der Waals surface area contributed by atoms with Gasteiger partial charge in [-0.2, -0.15) is 0 Å². The Kier molecular flexibility index (Phi) is 7.35. The first kappa shape index (κ1) is 24.3. The minimum atomic E-state index is -2.03. The van der Waals surface area contributed by atoms with Gasteiger partial charge in [0.25, 0.3) is 0 Å². The van der Waals surface area contributed by atoms with Gasteiger partial charge in [0, 0.05) is 5.92 Å². The Hall–Kier alpha value is -1.92. The molecule has 1 aromatic carbocycles. The van der Waals surface area contributed by atoms with Gasteiger partial charge < -0.3 is 13.9 Å². The fourth-order valence-electron chi connectivity index (χ4n) is 3.47. The van der Waals surface area contributed by atoms with Crippen molar-refractivity contribution in [3.05, 3.63) is 47.5 Å². The molecule has 0 amide bonds. The Labute approximate surface area is 181 Å². The molecule has 6 heteroatoms. The van der Waals surface area contributed by atoms with Crippen molar-refractivity contribution in [2.45, 2.75) is 71.7 Å². The number of allylic oxidation sites excluding steroid dienone is 1. The maximum Gasteiger partial charge on any atom is 0.324 e. The van der Waals surface area contributed by atoms with Crippen molar-refractivity contribution in [2.75, 3.05) is 13.2 Å². The van der Waals surface area contributed by atoms with E-state index in [9.17, 15) is 9.59 Å². The quantitative estimate of drug-likeness (QED) is 0.245. The summed E-state index contributed by atoms with van der Waals surface area (Å²) in [6.07, 6.45) is 3.67. The van der Waals surface area contributed by atoms with E-state index in [-0.39, 0.29) is 24.4 Å². The van der Waals surface area contributed by atoms with E-state index in [4.69, 9.17) is 13.9 Å². The van der Waals surface area contributed by atoms with E-state index in [1.807, 2.05) is 36.4 Å². The molecule has 0 N–H and O–H groups in total. The molecular weight excluding hydrogens is 396 g/mol. The largest absolute Gasteiger partial charge is 0.465 e. The Morgan fingerprint density at radius 2 is 1.40 bits per heavy atom. The van der Waals surface area contributed by atoms with Gasteiger partial charge in [0.05, 0.1) is 19.3 Å². The number of carbonyl (C=O) groups excluding carboxylic acids is 2. The molecular formula is C24H36O5Si. The van der Waals surface area contributed by atoms with Crippen LogP contribution in [0, 0.1) is 5.41 Å². The fourth-order valence-corrected chi connectivity index (χ4v) is 4.67. The van der Waals surface area contributed by atoms with E-state index in [1.165, 1.54) is 0 Å². The first-order chi connectivity index (χ1) is 13.9. The van der Waals surface area contributed by atoms with Gasteiger partial charge in [-0.1, -0.05) is 57.2 Å². The Morgan fingerprint density at radius 3 is 1.87 bits per heavy atom. The molecule has 2 rings (SSSR count). The van der Waals surface area contributed by atoms with Gasteiger partial charge in [0.15, 0.2) is 13.7 Å². The van der Waals surface area contributed by atoms with Gasteiger partial charge in [-0.15, -0.1) is 0 Å². The van der Waals surface area contributed by atoms with Gasteiger partial charge in [-0.25, -0.2) is 0 Å². The number of hydrogen-bond acceptors (Lipinski definition) is 5. The zero-order valence-corrected chi connectivity index (χ0v) is 20.6. The molecule has 0 saturated heterocycles. The first-order valence-corrected chi connectivity index (χ1v) is 13.6. The van der Waals surface area contributed by atoms with Crippen molar-refractivity contribution in [1.29, 1.82) is 0 Å². The summed E-state index contributed by atoms with van der Waals surface area (Å²) in [5, 5.41) is 0.0665. The van der Waals surface area contributed by atoms with Crippen molar-refractivity contribution in [3.63, 3.8) is 0 Å². The third-order valence-corrected chi connectivity index (χ3v) is 10.8. The lowest BCUT2D eigenvalue weighted by atomic mass is 9.69. The van der Waals surface area contributed by atoms with Gasteiger partial charge >= 0.3 is 11.9 Å². The summed E-state index contributed by atoms with van der Waals surface area (Å²) in [4.78, 5) is 25.9. The molecule has 1 aliphatic rings. The Balaban J connectivity index is 2.53. The van der Waals surface area contributed by atoms with E-state index in [0.29, 0.717) is 0 Å². The highest BCUT2D eigenvalue weighted by Crippen LogP contribution is 2.48. The van der Waals surface area contributed by atoms with Crippen LogP contribution in [0.2, 0.25) is 18.1 Å². The normalized spacial score (nSPS) is 19.2. The third kappa shape index (κ3) is 4.54. The van der Waals surface area contributed by atoms with Crippen LogP contribution in [-0.4, -0.2) is 33.5 Å². The molecule has 166 valence electrons. The zero-order valence-electron chi connectivity index (χ0n) is 19.6. The molecule has 5 nitrogen and oxygen atoms in total. The molecule has 0 unspecified atom stereocenters. The molecule has 0 spiro atoms. The van der Waals surface area contributed by atoms with Crippen LogP contribution in [0.3, 0.4) is 0 Å². The second-order valence-corrected chi connectivity index (χ2v) is 14.2. The maximum atomic E-state index is 13.0. The summed E-state index contributed by atoms with van der Waals surface area (Å²) in [7, 11) is -2.03. The van der Waals surface area contributed by atoms with E-state index in [2.05, 4.69) is 33.9 Å². The second-order valence-electron chi connectivity index (χ2n) is 9.43. The Morgan fingerprint density at radius 1 is 0.900 bits per heavy atom. The number of ether oxygens (including phenoxy) is 2. The van der Waals surface area contributed by atoms with Crippen LogP contribution in [0.1, 0.15) is 64.7 Å². The first-order valence-electron chi connectivity index (χ1n) is 10.7. The number of carbonyl (C=O) groups is 2. The molecule has 1 aliphatic carbocycles. The average molecular weight is 433 g/mol. The summed E-state index contributed by atoms with van der Waals surface area (Å²) >= 11 is 0. The minimum absolute atomic E-state index is 0.0665. The van der Waals surface area contributed by atoms with Crippen LogP contribution in [0.4, 0.5) is 0 Å². The van der Waals surface area contributed by atoms with Crippen molar-refractivity contribution >= 4 is 20.3 Å². The summed E-state index contributed by atoms with van der Waals surface area (Å²) in [5.41, 5.74) is 0.405. The molecule has 0 aromatic heterocycles. The van der Waals surface area contributed by atoms with Crippen LogP contribution >= 0.6 is 0 Å². The lowest BCUT2D eigenvalue weighted by Crippen LogP contribution is -2.45. The molecule has 30 heavy (non-hydrogen) atoms. The van der Waals surface area contributed by atoms with Crippen molar-refractivity contribution in [3.8, 4) is 0 Å². The van der Waals surface area contributed by atoms with Gasteiger partial charge in [-0.3, -0.25) is 9.59 Å². The molecule has 0 fully saturated rings. The molecule has 2 atom stereocenters. The van der Waals surface area contributed by atoms with Crippen molar-refractivity contribution in [2.24, 2.45) is 5.41 Å². The molecule has 0 radical (unpaired) electrons. The SMILES string of the molecule is CCOC(=O)C(C)(C(=O)OCC)[C@@H]1C=C[C@@H](O[Si](C)(C)C(C)(C)C)c2ccccc21.